The monoisotopic (exact) mass is 364 g/mol. The molecule has 0 spiro atoms. The van der Waals surface area contributed by atoms with E-state index in [2.05, 4.69) is 69.3 Å². The maximum atomic E-state index is 5.87. The van der Waals surface area contributed by atoms with Gasteiger partial charge < -0.3 is 4.74 Å². The van der Waals surface area contributed by atoms with Crippen molar-refractivity contribution in [2.45, 2.75) is 71.6 Å². The molecular formula is C26H36O. The van der Waals surface area contributed by atoms with E-state index in [4.69, 9.17) is 4.74 Å². The molecule has 0 N–H and O–H groups in total. The molecule has 0 heterocycles. The third kappa shape index (κ3) is 5.61. The fourth-order valence-electron chi connectivity index (χ4n) is 4.24. The van der Waals surface area contributed by atoms with Gasteiger partial charge in [0.2, 0.25) is 0 Å². The summed E-state index contributed by atoms with van der Waals surface area (Å²) in [4.78, 5) is 0. The molecule has 1 heteroatoms. The lowest BCUT2D eigenvalue weighted by Gasteiger charge is -2.28. The molecule has 27 heavy (non-hydrogen) atoms. The Morgan fingerprint density at radius 1 is 0.852 bits per heavy atom. The van der Waals surface area contributed by atoms with Gasteiger partial charge in [0.15, 0.2) is 0 Å². The second kappa shape index (κ2) is 9.97. The summed E-state index contributed by atoms with van der Waals surface area (Å²) >= 11 is 0. The van der Waals surface area contributed by atoms with Gasteiger partial charge in [-0.3, -0.25) is 0 Å². The third-order valence-electron chi connectivity index (χ3n) is 6.34. The van der Waals surface area contributed by atoms with Gasteiger partial charge in [-0.2, -0.15) is 0 Å². The average Bonchev–Trinajstić information content (AvgIpc) is 2.73. The highest BCUT2D eigenvalue weighted by Gasteiger charge is 2.21. The summed E-state index contributed by atoms with van der Waals surface area (Å²) in [6.07, 6.45) is 9.48. The molecule has 0 saturated heterocycles. The molecule has 2 aromatic rings. The first-order valence-corrected chi connectivity index (χ1v) is 11.0. The fraction of sp³-hybridized carbons (Fsp3) is 0.538. The molecule has 2 aromatic carbocycles. The molecule has 1 unspecified atom stereocenters. The van der Waals surface area contributed by atoms with Gasteiger partial charge in [0.05, 0.1) is 6.61 Å². The quantitative estimate of drug-likeness (QED) is 0.463. The highest BCUT2D eigenvalue weighted by molar-refractivity contribution is 5.64. The van der Waals surface area contributed by atoms with E-state index >= 15 is 0 Å². The number of ether oxygens (including phenoxy) is 1. The van der Waals surface area contributed by atoms with Crippen LogP contribution in [0.3, 0.4) is 0 Å². The Morgan fingerprint density at radius 3 is 2.00 bits per heavy atom. The minimum atomic E-state index is 0.606. The van der Waals surface area contributed by atoms with Crippen LogP contribution in [0.4, 0.5) is 0 Å². The Hall–Kier alpha value is -1.76. The largest absolute Gasteiger partial charge is 0.493 e. The first-order chi connectivity index (χ1) is 13.2. The van der Waals surface area contributed by atoms with E-state index in [1.54, 1.807) is 0 Å². The lowest BCUT2D eigenvalue weighted by Crippen LogP contribution is -2.13. The predicted molar refractivity (Wildman–Crippen MR) is 116 cm³/mol. The summed E-state index contributed by atoms with van der Waals surface area (Å²) in [6, 6.07) is 17.8. The molecule has 0 aromatic heterocycles. The lowest BCUT2D eigenvalue weighted by molar-refractivity contribution is 0.256. The lowest BCUT2D eigenvalue weighted by atomic mass is 9.77. The van der Waals surface area contributed by atoms with Gasteiger partial charge in [-0.1, -0.05) is 76.4 Å². The normalized spacial score (nSPS) is 21.0. The molecule has 1 aliphatic carbocycles. The van der Waals surface area contributed by atoms with Crippen LogP contribution in [0.5, 0.6) is 5.75 Å². The zero-order valence-corrected chi connectivity index (χ0v) is 17.4. The van der Waals surface area contributed by atoms with E-state index in [-0.39, 0.29) is 0 Å². The van der Waals surface area contributed by atoms with Crippen LogP contribution in [-0.2, 0) is 0 Å². The van der Waals surface area contributed by atoms with Crippen molar-refractivity contribution < 1.29 is 4.74 Å². The molecule has 0 amide bonds. The molecule has 1 saturated carbocycles. The van der Waals surface area contributed by atoms with Crippen LogP contribution in [0.1, 0.15) is 77.2 Å². The van der Waals surface area contributed by atoms with Crippen molar-refractivity contribution in [2.75, 3.05) is 6.61 Å². The topological polar surface area (TPSA) is 9.23 Å². The molecule has 0 aliphatic heterocycles. The summed E-state index contributed by atoms with van der Waals surface area (Å²) in [6.45, 7) is 7.55. The van der Waals surface area contributed by atoms with E-state index in [1.165, 1.54) is 55.2 Å². The third-order valence-corrected chi connectivity index (χ3v) is 6.34. The zero-order chi connectivity index (χ0) is 19.1. The second-order valence-corrected chi connectivity index (χ2v) is 8.48. The average molecular weight is 365 g/mol. The molecule has 0 radical (unpaired) electrons. The molecule has 1 nitrogen and oxygen atoms in total. The number of hydrogen-bond donors (Lipinski definition) is 0. The van der Waals surface area contributed by atoms with Gasteiger partial charge in [0.25, 0.3) is 0 Å². The van der Waals surface area contributed by atoms with Crippen LogP contribution in [0, 0.1) is 11.8 Å². The minimum absolute atomic E-state index is 0.606. The summed E-state index contributed by atoms with van der Waals surface area (Å²) in [5.74, 6) is 3.32. The SMILES string of the molecule is CCCC1CCC(c2ccc(-c3ccc(OCC(C)CC)cc3)cc2)CC1. The second-order valence-electron chi connectivity index (χ2n) is 8.48. The number of hydrogen-bond acceptors (Lipinski definition) is 1. The van der Waals surface area contributed by atoms with Gasteiger partial charge in [0, 0.05) is 0 Å². The van der Waals surface area contributed by atoms with Crippen LogP contribution in [-0.4, -0.2) is 6.61 Å². The summed E-state index contributed by atoms with van der Waals surface area (Å²) in [5, 5.41) is 0. The van der Waals surface area contributed by atoms with Crippen LogP contribution in [0.2, 0.25) is 0 Å². The van der Waals surface area contributed by atoms with Crippen molar-refractivity contribution in [1.82, 2.24) is 0 Å². The predicted octanol–water partition coefficient (Wildman–Crippen LogP) is 7.85. The number of benzene rings is 2. The van der Waals surface area contributed by atoms with E-state index < -0.39 is 0 Å². The Bertz CT molecular complexity index is 662. The minimum Gasteiger partial charge on any atom is -0.493 e. The summed E-state index contributed by atoms with van der Waals surface area (Å²) in [5.41, 5.74) is 4.10. The van der Waals surface area contributed by atoms with E-state index in [1.807, 2.05) is 0 Å². The van der Waals surface area contributed by atoms with Crippen molar-refractivity contribution in [3.63, 3.8) is 0 Å². The van der Waals surface area contributed by atoms with Gasteiger partial charge in [-0.25, -0.2) is 0 Å². The van der Waals surface area contributed by atoms with Crippen molar-refractivity contribution in [2.24, 2.45) is 11.8 Å². The van der Waals surface area contributed by atoms with Gasteiger partial charge >= 0.3 is 0 Å². The van der Waals surface area contributed by atoms with Crippen molar-refractivity contribution in [3.8, 4) is 16.9 Å². The molecule has 3 rings (SSSR count). The molecule has 1 aliphatic rings. The Labute approximate surface area is 166 Å². The van der Waals surface area contributed by atoms with Gasteiger partial charge in [-0.05, 0) is 72.3 Å². The first kappa shape index (κ1) is 20.0. The standard InChI is InChI=1S/C26H36O/c1-4-6-21-7-9-22(10-8-21)23-11-13-24(14-12-23)25-15-17-26(18-16-25)27-19-20(3)5-2/h11-18,20-22H,4-10,19H2,1-3H3. The highest BCUT2D eigenvalue weighted by atomic mass is 16.5. The molecular weight excluding hydrogens is 328 g/mol. The Balaban J connectivity index is 1.57. The maximum Gasteiger partial charge on any atom is 0.119 e. The van der Waals surface area contributed by atoms with Gasteiger partial charge in [-0.15, -0.1) is 0 Å². The Morgan fingerprint density at radius 2 is 1.44 bits per heavy atom. The molecule has 0 bridgehead atoms. The highest BCUT2D eigenvalue weighted by Crippen LogP contribution is 2.38. The van der Waals surface area contributed by atoms with Gasteiger partial charge in [0.1, 0.15) is 5.75 Å². The van der Waals surface area contributed by atoms with Crippen molar-refractivity contribution in [3.05, 3.63) is 54.1 Å². The van der Waals surface area contributed by atoms with Crippen LogP contribution in [0.25, 0.3) is 11.1 Å². The fourth-order valence-corrected chi connectivity index (χ4v) is 4.24. The van der Waals surface area contributed by atoms with Crippen LogP contribution in [0.15, 0.2) is 48.5 Å². The number of rotatable bonds is 8. The zero-order valence-electron chi connectivity index (χ0n) is 17.4. The summed E-state index contributed by atoms with van der Waals surface area (Å²) in [7, 11) is 0. The molecule has 1 fully saturated rings. The summed E-state index contributed by atoms with van der Waals surface area (Å²) < 4.78 is 5.87. The van der Waals surface area contributed by atoms with Crippen LogP contribution >= 0.6 is 0 Å². The van der Waals surface area contributed by atoms with E-state index in [9.17, 15) is 0 Å². The van der Waals surface area contributed by atoms with Crippen LogP contribution < -0.4 is 4.74 Å². The van der Waals surface area contributed by atoms with Crippen molar-refractivity contribution >= 4 is 0 Å². The van der Waals surface area contributed by atoms with Crippen molar-refractivity contribution in [1.29, 1.82) is 0 Å². The maximum absolute atomic E-state index is 5.87. The molecule has 1 atom stereocenters. The van der Waals surface area contributed by atoms with E-state index in [0.717, 1.165) is 30.6 Å². The molecule has 146 valence electrons. The smallest absolute Gasteiger partial charge is 0.119 e. The Kier molecular flexibility index (Phi) is 7.38. The van der Waals surface area contributed by atoms with E-state index in [0.29, 0.717) is 5.92 Å². The first-order valence-electron chi connectivity index (χ1n) is 11.0.